The van der Waals surface area contributed by atoms with Crippen LogP contribution in [0.4, 0.5) is 0 Å². The highest BCUT2D eigenvalue weighted by atomic mass is 16.5. The van der Waals surface area contributed by atoms with Crippen molar-refractivity contribution in [3.8, 4) is 0 Å². The highest BCUT2D eigenvalue weighted by molar-refractivity contribution is 4.95. The smallest absolute Gasteiger partial charge is 0.0594 e. The van der Waals surface area contributed by atoms with E-state index in [2.05, 4.69) is 22.2 Å². The Morgan fingerprint density at radius 1 is 1.11 bits per heavy atom. The van der Waals surface area contributed by atoms with Crippen LogP contribution in [0, 0.1) is 0 Å². The van der Waals surface area contributed by atoms with Crippen LogP contribution >= 0.6 is 0 Å². The van der Waals surface area contributed by atoms with Gasteiger partial charge in [-0.15, -0.1) is 0 Å². The maximum Gasteiger partial charge on any atom is 0.0594 e. The first-order chi connectivity index (χ1) is 8.83. The Hall–Kier alpha value is -0.160. The number of morpholine rings is 1. The fourth-order valence-corrected chi connectivity index (χ4v) is 3.83. The minimum absolute atomic E-state index is 0.764. The van der Waals surface area contributed by atoms with Gasteiger partial charge in [-0.2, -0.15) is 0 Å². The zero-order valence-corrected chi connectivity index (χ0v) is 11.6. The number of nitrogens with one attached hydrogen (secondary N) is 1. The summed E-state index contributed by atoms with van der Waals surface area (Å²) in [5.74, 6) is 0. The van der Waals surface area contributed by atoms with Gasteiger partial charge in [0.2, 0.25) is 0 Å². The van der Waals surface area contributed by atoms with Crippen LogP contribution in [0.5, 0.6) is 0 Å². The van der Waals surface area contributed by atoms with Crippen LogP contribution in [0.25, 0.3) is 0 Å². The van der Waals surface area contributed by atoms with Crippen LogP contribution < -0.4 is 5.32 Å². The second-order valence-corrected chi connectivity index (χ2v) is 6.13. The molecule has 3 aliphatic heterocycles. The molecule has 0 saturated carbocycles. The molecule has 104 valence electrons. The second kappa shape index (κ2) is 5.87. The third-order valence-electron chi connectivity index (χ3n) is 5.06. The lowest BCUT2D eigenvalue weighted by Crippen LogP contribution is -2.49. The summed E-state index contributed by atoms with van der Waals surface area (Å²) in [6.07, 6.45) is 5.55. The van der Waals surface area contributed by atoms with Crippen molar-refractivity contribution in [3.63, 3.8) is 0 Å². The molecular weight excluding hydrogens is 226 g/mol. The lowest BCUT2D eigenvalue weighted by molar-refractivity contribution is 0.0375. The van der Waals surface area contributed by atoms with Crippen molar-refractivity contribution >= 4 is 0 Å². The molecule has 3 saturated heterocycles. The van der Waals surface area contributed by atoms with Crippen molar-refractivity contribution in [2.45, 2.75) is 43.8 Å². The molecule has 2 atom stereocenters. The Morgan fingerprint density at radius 3 is 2.44 bits per heavy atom. The molecule has 3 heterocycles. The number of rotatable bonds is 4. The second-order valence-electron chi connectivity index (χ2n) is 6.13. The molecule has 3 aliphatic rings. The highest BCUT2D eigenvalue weighted by Gasteiger charge is 2.37. The Bertz CT molecular complexity index is 254. The molecule has 2 bridgehead atoms. The molecule has 4 heteroatoms. The van der Waals surface area contributed by atoms with E-state index in [4.69, 9.17) is 4.74 Å². The van der Waals surface area contributed by atoms with Gasteiger partial charge in [0.25, 0.3) is 0 Å². The van der Waals surface area contributed by atoms with Crippen LogP contribution in [0.2, 0.25) is 0 Å². The minimum atomic E-state index is 0.764. The number of ether oxygens (including phenoxy) is 1. The van der Waals surface area contributed by atoms with Gasteiger partial charge in [0, 0.05) is 44.3 Å². The average molecular weight is 253 g/mol. The Morgan fingerprint density at radius 2 is 1.78 bits per heavy atom. The van der Waals surface area contributed by atoms with E-state index in [0.717, 1.165) is 51.0 Å². The van der Waals surface area contributed by atoms with Crippen molar-refractivity contribution in [3.05, 3.63) is 0 Å². The van der Waals surface area contributed by atoms with Crippen LogP contribution in [-0.4, -0.2) is 74.4 Å². The fraction of sp³-hybridized carbons (Fsp3) is 1.00. The molecule has 1 N–H and O–H groups in total. The van der Waals surface area contributed by atoms with Crippen molar-refractivity contribution in [1.29, 1.82) is 0 Å². The number of hydrogen-bond acceptors (Lipinski definition) is 4. The maximum atomic E-state index is 5.38. The van der Waals surface area contributed by atoms with E-state index in [1.807, 2.05) is 0 Å². The molecule has 3 fully saturated rings. The molecule has 0 aliphatic carbocycles. The van der Waals surface area contributed by atoms with Gasteiger partial charge in [0.1, 0.15) is 0 Å². The largest absolute Gasteiger partial charge is 0.379 e. The molecule has 0 aromatic rings. The lowest BCUT2D eigenvalue weighted by atomic mass is 9.98. The molecule has 0 aromatic heterocycles. The minimum Gasteiger partial charge on any atom is -0.379 e. The van der Waals surface area contributed by atoms with Gasteiger partial charge in [-0.05, 0) is 32.7 Å². The summed E-state index contributed by atoms with van der Waals surface area (Å²) in [5.41, 5.74) is 0. The molecule has 4 nitrogen and oxygen atoms in total. The van der Waals surface area contributed by atoms with E-state index in [1.165, 1.54) is 32.2 Å². The zero-order valence-electron chi connectivity index (χ0n) is 11.6. The standard InChI is InChI=1S/C14H27N3O/c1-16-13-2-3-14(16)11-12(10-13)15-4-5-17-6-8-18-9-7-17/h12-15H,2-11H2,1H3. The number of fused-ring (bicyclic) bond motifs is 2. The maximum absolute atomic E-state index is 5.38. The summed E-state index contributed by atoms with van der Waals surface area (Å²) in [5, 5.41) is 3.78. The molecule has 0 amide bonds. The normalized spacial score (nSPS) is 38.2. The van der Waals surface area contributed by atoms with Crippen LogP contribution in [0.15, 0.2) is 0 Å². The molecule has 18 heavy (non-hydrogen) atoms. The first-order valence-electron chi connectivity index (χ1n) is 7.58. The van der Waals surface area contributed by atoms with E-state index in [-0.39, 0.29) is 0 Å². The SMILES string of the molecule is CN1C2CCC1CC(NCCN1CCOCC1)C2. The van der Waals surface area contributed by atoms with Crippen LogP contribution in [0.1, 0.15) is 25.7 Å². The van der Waals surface area contributed by atoms with Gasteiger partial charge >= 0.3 is 0 Å². The average Bonchev–Trinajstić information content (AvgIpc) is 2.64. The van der Waals surface area contributed by atoms with Crippen molar-refractivity contribution in [2.75, 3.05) is 46.4 Å². The quantitative estimate of drug-likeness (QED) is 0.791. The topological polar surface area (TPSA) is 27.7 Å². The molecule has 0 radical (unpaired) electrons. The zero-order chi connectivity index (χ0) is 12.4. The van der Waals surface area contributed by atoms with Gasteiger partial charge in [0.05, 0.1) is 13.2 Å². The molecule has 2 unspecified atom stereocenters. The Labute approximate surface area is 111 Å². The Kier molecular flexibility index (Phi) is 4.19. The molecule has 0 aromatic carbocycles. The van der Waals surface area contributed by atoms with Crippen molar-refractivity contribution in [1.82, 2.24) is 15.1 Å². The van der Waals surface area contributed by atoms with Gasteiger partial charge in [-0.3, -0.25) is 4.90 Å². The summed E-state index contributed by atoms with van der Waals surface area (Å²) in [6, 6.07) is 2.47. The predicted octanol–water partition coefficient (Wildman–Crippen LogP) is 0.533. The number of nitrogens with zero attached hydrogens (tertiary/aromatic N) is 2. The third-order valence-corrected chi connectivity index (χ3v) is 5.06. The summed E-state index contributed by atoms with van der Waals surface area (Å²) in [6.45, 7) is 6.39. The molecular formula is C14H27N3O. The number of piperidine rings is 1. The van der Waals surface area contributed by atoms with Crippen LogP contribution in [-0.2, 0) is 4.74 Å². The van der Waals surface area contributed by atoms with E-state index in [9.17, 15) is 0 Å². The summed E-state index contributed by atoms with van der Waals surface area (Å²) in [7, 11) is 2.31. The van der Waals surface area contributed by atoms with Crippen LogP contribution in [0.3, 0.4) is 0 Å². The fourth-order valence-electron chi connectivity index (χ4n) is 3.83. The van der Waals surface area contributed by atoms with E-state index in [1.54, 1.807) is 0 Å². The molecule has 3 rings (SSSR count). The van der Waals surface area contributed by atoms with Crippen molar-refractivity contribution < 1.29 is 4.74 Å². The van der Waals surface area contributed by atoms with Gasteiger partial charge < -0.3 is 15.0 Å². The third kappa shape index (κ3) is 2.87. The molecule has 0 spiro atoms. The van der Waals surface area contributed by atoms with Gasteiger partial charge in [-0.25, -0.2) is 0 Å². The van der Waals surface area contributed by atoms with Gasteiger partial charge in [0.15, 0.2) is 0 Å². The predicted molar refractivity (Wildman–Crippen MR) is 72.9 cm³/mol. The monoisotopic (exact) mass is 253 g/mol. The summed E-state index contributed by atoms with van der Waals surface area (Å²) in [4.78, 5) is 5.13. The first-order valence-corrected chi connectivity index (χ1v) is 7.58. The summed E-state index contributed by atoms with van der Waals surface area (Å²) >= 11 is 0. The summed E-state index contributed by atoms with van der Waals surface area (Å²) < 4.78 is 5.38. The Balaban J connectivity index is 1.36. The van der Waals surface area contributed by atoms with Crippen molar-refractivity contribution in [2.24, 2.45) is 0 Å². The first kappa shape index (κ1) is 12.9. The number of hydrogen-bond donors (Lipinski definition) is 1. The highest BCUT2D eigenvalue weighted by Crippen LogP contribution is 2.33. The van der Waals surface area contributed by atoms with E-state index < -0.39 is 0 Å². The van der Waals surface area contributed by atoms with E-state index in [0.29, 0.717) is 0 Å². The lowest BCUT2D eigenvalue weighted by Gasteiger charge is -2.37. The van der Waals surface area contributed by atoms with E-state index >= 15 is 0 Å². The van der Waals surface area contributed by atoms with Gasteiger partial charge in [-0.1, -0.05) is 0 Å².